The molecule has 0 bridgehead atoms. The molecule has 144 valence electrons. The van der Waals surface area contributed by atoms with E-state index >= 15 is 0 Å². The molecule has 3 rings (SSSR count). The lowest BCUT2D eigenvalue weighted by Crippen LogP contribution is -2.48. The van der Waals surface area contributed by atoms with Crippen LogP contribution in [-0.2, 0) is 4.74 Å². The maximum absolute atomic E-state index is 12.4. The van der Waals surface area contributed by atoms with Crippen molar-refractivity contribution >= 4 is 29.0 Å². The van der Waals surface area contributed by atoms with Crippen LogP contribution in [0.2, 0.25) is 0 Å². The number of hydrogen-bond acceptors (Lipinski definition) is 6. The first kappa shape index (κ1) is 19.3. The number of rotatable bonds is 7. The largest absolute Gasteiger partial charge is 0.385 e. The van der Waals surface area contributed by atoms with E-state index < -0.39 is 0 Å². The van der Waals surface area contributed by atoms with Crippen molar-refractivity contribution in [3.8, 4) is 0 Å². The number of hydrogen-bond donors (Lipinski definition) is 1. The van der Waals surface area contributed by atoms with Crippen molar-refractivity contribution in [3.63, 3.8) is 0 Å². The molecule has 1 N–H and O–H groups in total. The summed E-state index contributed by atoms with van der Waals surface area (Å²) < 4.78 is 4.96. The monoisotopic (exact) mass is 388 g/mol. The van der Waals surface area contributed by atoms with Crippen LogP contribution in [0.25, 0.3) is 0 Å². The smallest absolute Gasteiger partial charge is 0.264 e. The first-order valence-electron chi connectivity index (χ1n) is 9.00. The summed E-state index contributed by atoms with van der Waals surface area (Å²) in [6.07, 6.45) is 2.38. The van der Waals surface area contributed by atoms with Gasteiger partial charge in [0.15, 0.2) is 0 Å². The Kier molecular flexibility index (Phi) is 6.78. The molecule has 1 fully saturated rings. The molecular weight excluding hydrogens is 364 g/mol. The molecule has 1 aliphatic rings. The molecule has 27 heavy (non-hydrogen) atoms. The maximum atomic E-state index is 12.4. The number of nitrogens with one attached hydrogen (secondary N) is 1. The summed E-state index contributed by atoms with van der Waals surface area (Å²) in [5.74, 6) is 0.795. The minimum absolute atomic E-state index is 0.0955. The van der Waals surface area contributed by atoms with Crippen LogP contribution in [0.5, 0.6) is 0 Å². The Morgan fingerprint density at radius 2 is 2.04 bits per heavy atom. The number of ether oxygens (including phenoxy) is 1. The van der Waals surface area contributed by atoms with E-state index in [9.17, 15) is 9.59 Å². The molecule has 0 radical (unpaired) electrons. The molecule has 1 aliphatic heterocycles. The van der Waals surface area contributed by atoms with Gasteiger partial charge in [-0.3, -0.25) is 9.59 Å². The average molecular weight is 388 g/mol. The number of amides is 2. The average Bonchev–Trinajstić information content (AvgIpc) is 3.26. The Morgan fingerprint density at radius 1 is 1.22 bits per heavy atom. The third-order valence-electron chi connectivity index (χ3n) is 4.44. The maximum Gasteiger partial charge on any atom is 0.264 e. The third-order valence-corrected chi connectivity index (χ3v) is 5.30. The van der Waals surface area contributed by atoms with Crippen molar-refractivity contribution in [1.29, 1.82) is 0 Å². The van der Waals surface area contributed by atoms with Crippen LogP contribution >= 0.6 is 11.3 Å². The van der Waals surface area contributed by atoms with Gasteiger partial charge in [-0.2, -0.15) is 0 Å². The number of pyridine rings is 1. The fraction of sp³-hybridized carbons (Fsp3) is 0.421. The molecule has 2 amide bonds. The normalized spacial score (nSPS) is 14.3. The molecule has 0 saturated carbocycles. The van der Waals surface area contributed by atoms with Crippen LogP contribution < -0.4 is 10.2 Å². The number of piperazine rings is 1. The Bertz CT molecular complexity index is 741. The first-order valence-corrected chi connectivity index (χ1v) is 9.88. The zero-order chi connectivity index (χ0) is 19.1. The molecule has 2 aromatic heterocycles. The lowest BCUT2D eigenvalue weighted by Gasteiger charge is -2.35. The predicted molar refractivity (Wildman–Crippen MR) is 105 cm³/mol. The van der Waals surface area contributed by atoms with E-state index in [2.05, 4.69) is 15.2 Å². The Morgan fingerprint density at radius 3 is 2.67 bits per heavy atom. The molecule has 7 nitrogen and oxygen atoms in total. The van der Waals surface area contributed by atoms with Gasteiger partial charge in [-0.05, 0) is 30.0 Å². The molecule has 0 aliphatic carbocycles. The van der Waals surface area contributed by atoms with E-state index in [0.29, 0.717) is 31.8 Å². The minimum Gasteiger partial charge on any atom is -0.385 e. The topological polar surface area (TPSA) is 74.8 Å². The second-order valence-corrected chi connectivity index (χ2v) is 7.21. The van der Waals surface area contributed by atoms with E-state index in [-0.39, 0.29) is 11.8 Å². The number of anilines is 1. The number of thiophene rings is 1. The molecule has 0 spiro atoms. The highest BCUT2D eigenvalue weighted by molar-refractivity contribution is 7.12. The fourth-order valence-corrected chi connectivity index (χ4v) is 3.61. The van der Waals surface area contributed by atoms with Crippen molar-refractivity contribution < 1.29 is 14.3 Å². The van der Waals surface area contributed by atoms with Gasteiger partial charge in [0.1, 0.15) is 5.82 Å². The van der Waals surface area contributed by atoms with Gasteiger partial charge in [0.2, 0.25) is 0 Å². The van der Waals surface area contributed by atoms with Crippen molar-refractivity contribution in [3.05, 3.63) is 46.3 Å². The molecular formula is C19H24N4O3S. The Balaban J connectivity index is 1.50. The summed E-state index contributed by atoms with van der Waals surface area (Å²) in [5, 5.41) is 4.77. The first-order chi connectivity index (χ1) is 13.2. The lowest BCUT2D eigenvalue weighted by molar-refractivity contribution is 0.0751. The predicted octanol–water partition coefficient (Wildman–Crippen LogP) is 1.87. The number of carbonyl (C=O) groups excluding carboxylic acids is 2. The van der Waals surface area contributed by atoms with E-state index in [1.807, 2.05) is 28.5 Å². The van der Waals surface area contributed by atoms with Gasteiger partial charge in [-0.1, -0.05) is 6.07 Å². The quantitative estimate of drug-likeness (QED) is 0.733. The summed E-state index contributed by atoms with van der Waals surface area (Å²) >= 11 is 1.47. The molecule has 0 aromatic carbocycles. The van der Waals surface area contributed by atoms with Crippen LogP contribution in [0.4, 0.5) is 5.82 Å². The zero-order valence-corrected chi connectivity index (χ0v) is 16.2. The summed E-state index contributed by atoms with van der Waals surface area (Å²) in [4.78, 5) is 33.7. The number of methoxy groups -OCH3 is 1. The molecule has 1 saturated heterocycles. The van der Waals surface area contributed by atoms with E-state index in [1.54, 1.807) is 19.4 Å². The van der Waals surface area contributed by atoms with Crippen LogP contribution in [-0.4, -0.2) is 68.1 Å². The highest BCUT2D eigenvalue weighted by Crippen LogP contribution is 2.17. The Hall–Kier alpha value is -2.45. The van der Waals surface area contributed by atoms with E-state index in [0.717, 1.165) is 30.2 Å². The van der Waals surface area contributed by atoms with Crippen molar-refractivity contribution in [2.45, 2.75) is 6.42 Å². The van der Waals surface area contributed by atoms with Crippen LogP contribution in [0.15, 0.2) is 35.8 Å². The minimum atomic E-state index is -0.128. The number of aromatic nitrogens is 1. The molecule has 2 aromatic rings. The third kappa shape index (κ3) is 5.05. The molecule has 3 heterocycles. The summed E-state index contributed by atoms with van der Waals surface area (Å²) in [6, 6.07) is 7.41. The van der Waals surface area contributed by atoms with Crippen LogP contribution in [0.3, 0.4) is 0 Å². The highest BCUT2D eigenvalue weighted by atomic mass is 32.1. The molecule has 0 unspecified atom stereocenters. The van der Waals surface area contributed by atoms with Gasteiger partial charge < -0.3 is 19.9 Å². The van der Waals surface area contributed by atoms with E-state index in [4.69, 9.17) is 4.74 Å². The van der Waals surface area contributed by atoms with Gasteiger partial charge in [0, 0.05) is 52.6 Å². The lowest BCUT2D eigenvalue weighted by atomic mass is 10.2. The van der Waals surface area contributed by atoms with Crippen molar-refractivity contribution in [1.82, 2.24) is 15.2 Å². The number of nitrogens with zero attached hydrogens (tertiary/aromatic N) is 3. The summed E-state index contributed by atoms with van der Waals surface area (Å²) in [6.45, 7) is 3.99. The van der Waals surface area contributed by atoms with Gasteiger partial charge in [-0.15, -0.1) is 11.3 Å². The van der Waals surface area contributed by atoms with Gasteiger partial charge in [0.05, 0.1) is 10.4 Å². The number of carbonyl (C=O) groups is 2. The standard InChI is InChI=1S/C19H24N4O3S/c1-26-12-3-7-20-18(24)15-5-6-17(21-14-15)22-8-10-23(11-9-22)19(25)16-4-2-13-27-16/h2,4-6,13-14H,3,7-12H2,1H3,(H,20,24). The van der Waals surface area contributed by atoms with Gasteiger partial charge >= 0.3 is 0 Å². The van der Waals surface area contributed by atoms with Crippen LogP contribution in [0.1, 0.15) is 26.5 Å². The zero-order valence-electron chi connectivity index (χ0n) is 15.4. The highest BCUT2D eigenvalue weighted by Gasteiger charge is 2.23. The van der Waals surface area contributed by atoms with Gasteiger partial charge in [-0.25, -0.2) is 4.98 Å². The van der Waals surface area contributed by atoms with Crippen molar-refractivity contribution in [2.75, 3.05) is 51.3 Å². The second-order valence-electron chi connectivity index (χ2n) is 6.26. The fourth-order valence-electron chi connectivity index (χ4n) is 2.92. The Labute approximate surface area is 162 Å². The van der Waals surface area contributed by atoms with Gasteiger partial charge in [0.25, 0.3) is 11.8 Å². The summed E-state index contributed by atoms with van der Waals surface area (Å²) in [5.41, 5.74) is 0.544. The van der Waals surface area contributed by atoms with Crippen LogP contribution in [0, 0.1) is 0 Å². The second kappa shape index (κ2) is 9.48. The van der Waals surface area contributed by atoms with Crippen molar-refractivity contribution in [2.24, 2.45) is 0 Å². The molecule has 8 heteroatoms. The van der Waals surface area contributed by atoms with E-state index in [1.165, 1.54) is 11.3 Å². The SMILES string of the molecule is COCCCNC(=O)c1ccc(N2CCN(C(=O)c3cccs3)CC2)nc1. The molecule has 0 atom stereocenters. The summed E-state index contributed by atoms with van der Waals surface area (Å²) in [7, 11) is 1.64.